The fourth-order valence-corrected chi connectivity index (χ4v) is 3.74. The van der Waals surface area contributed by atoms with Gasteiger partial charge in [-0.2, -0.15) is 18.2 Å². The van der Waals surface area contributed by atoms with Crippen molar-refractivity contribution in [3.05, 3.63) is 17.0 Å². The number of halogens is 4. The van der Waals surface area contributed by atoms with Gasteiger partial charge in [-0.05, 0) is 31.5 Å². The first kappa shape index (κ1) is 23.9. The van der Waals surface area contributed by atoms with Crippen LogP contribution in [0.3, 0.4) is 0 Å². The molecule has 6 nitrogen and oxygen atoms in total. The Balaban J connectivity index is 2.47. The van der Waals surface area contributed by atoms with Crippen LogP contribution in [0, 0.1) is 0 Å². The Hall–Kier alpha value is -1.36. The second-order valence-electron chi connectivity index (χ2n) is 8.84. The van der Waals surface area contributed by atoms with Gasteiger partial charge in [0.25, 0.3) is 0 Å². The van der Waals surface area contributed by atoms with E-state index in [0.29, 0.717) is 6.61 Å². The molecular formula is C18H28ClF3N4O2Si. The van der Waals surface area contributed by atoms with Crippen molar-refractivity contribution in [2.24, 2.45) is 0 Å². The van der Waals surface area contributed by atoms with Crippen LogP contribution in [-0.2, 0) is 22.4 Å². The van der Waals surface area contributed by atoms with Crippen LogP contribution in [-0.4, -0.2) is 48.5 Å². The molecule has 0 aromatic carbocycles. The van der Waals surface area contributed by atoms with E-state index in [1.54, 1.807) is 13.8 Å². The molecule has 2 heterocycles. The SMILES string of the molecule is COCC(C)(C)Nc1nc(Cl)nc2c1c(C(F)(F)F)cn2COCC[Si](C)(C)C. The van der Waals surface area contributed by atoms with Gasteiger partial charge < -0.3 is 19.4 Å². The van der Waals surface area contributed by atoms with Crippen LogP contribution < -0.4 is 5.32 Å². The van der Waals surface area contributed by atoms with E-state index in [1.807, 2.05) is 0 Å². The summed E-state index contributed by atoms with van der Waals surface area (Å²) in [5.41, 5.74) is -1.44. The maximum atomic E-state index is 13.7. The summed E-state index contributed by atoms with van der Waals surface area (Å²) in [4.78, 5) is 8.07. The number of fused-ring (bicyclic) bond motifs is 1. The quantitative estimate of drug-likeness (QED) is 0.320. The fourth-order valence-electron chi connectivity index (χ4n) is 2.82. The Bertz CT molecular complexity index is 850. The van der Waals surface area contributed by atoms with Gasteiger partial charge in [0.1, 0.15) is 18.2 Å². The van der Waals surface area contributed by atoms with Crippen molar-refractivity contribution in [2.45, 2.75) is 58.0 Å². The third-order valence-corrected chi connectivity index (χ3v) is 6.06. The van der Waals surface area contributed by atoms with Gasteiger partial charge in [-0.1, -0.05) is 19.6 Å². The Kier molecular flexibility index (Phi) is 7.24. The zero-order chi connectivity index (χ0) is 22.0. The smallest absolute Gasteiger partial charge is 0.382 e. The molecule has 2 rings (SSSR count). The lowest BCUT2D eigenvalue weighted by Gasteiger charge is -2.26. The van der Waals surface area contributed by atoms with Gasteiger partial charge in [0.15, 0.2) is 0 Å². The van der Waals surface area contributed by atoms with Crippen molar-refractivity contribution in [1.82, 2.24) is 14.5 Å². The summed E-state index contributed by atoms with van der Waals surface area (Å²) >= 11 is 6.02. The molecule has 0 saturated carbocycles. The number of rotatable bonds is 9. The van der Waals surface area contributed by atoms with E-state index in [1.165, 1.54) is 11.7 Å². The molecule has 164 valence electrons. The molecule has 2 aromatic heterocycles. The minimum Gasteiger partial charge on any atom is -0.382 e. The maximum Gasteiger partial charge on any atom is 0.418 e. The highest BCUT2D eigenvalue weighted by Gasteiger charge is 2.37. The van der Waals surface area contributed by atoms with Crippen molar-refractivity contribution >= 4 is 36.5 Å². The van der Waals surface area contributed by atoms with Crippen LogP contribution in [0.5, 0.6) is 0 Å². The van der Waals surface area contributed by atoms with E-state index in [-0.39, 0.29) is 35.5 Å². The zero-order valence-electron chi connectivity index (χ0n) is 17.6. The number of aromatic nitrogens is 3. The lowest BCUT2D eigenvalue weighted by Crippen LogP contribution is -2.36. The zero-order valence-corrected chi connectivity index (χ0v) is 19.3. The van der Waals surface area contributed by atoms with E-state index < -0.39 is 25.4 Å². The third kappa shape index (κ3) is 6.56. The normalized spacial score (nSPS) is 13.3. The Labute approximate surface area is 174 Å². The predicted octanol–water partition coefficient (Wildman–Crippen LogP) is 5.25. The first-order chi connectivity index (χ1) is 13.2. The second-order valence-corrected chi connectivity index (χ2v) is 14.8. The molecule has 29 heavy (non-hydrogen) atoms. The number of alkyl halides is 3. The van der Waals surface area contributed by atoms with Gasteiger partial charge >= 0.3 is 6.18 Å². The lowest BCUT2D eigenvalue weighted by molar-refractivity contribution is -0.136. The highest BCUT2D eigenvalue weighted by Crippen LogP contribution is 2.39. The van der Waals surface area contributed by atoms with Crippen LogP contribution in [0.25, 0.3) is 11.0 Å². The van der Waals surface area contributed by atoms with Crippen LogP contribution in [0.2, 0.25) is 31.0 Å². The molecule has 0 spiro atoms. The summed E-state index contributed by atoms with van der Waals surface area (Å²) in [5.74, 6) is 0.00947. The number of nitrogens with one attached hydrogen (secondary N) is 1. The summed E-state index contributed by atoms with van der Waals surface area (Å²) in [6.07, 6.45) is -3.58. The summed E-state index contributed by atoms with van der Waals surface area (Å²) in [6.45, 7) is 10.9. The molecule has 1 N–H and O–H groups in total. The molecule has 0 aliphatic rings. The molecule has 2 aromatic rings. The number of methoxy groups -OCH3 is 1. The minimum absolute atomic E-state index is 0.00947. The summed E-state index contributed by atoms with van der Waals surface area (Å²) in [6, 6.07) is 0.909. The van der Waals surface area contributed by atoms with Gasteiger partial charge in [-0.3, -0.25) is 0 Å². The predicted molar refractivity (Wildman–Crippen MR) is 111 cm³/mol. The molecule has 0 bridgehead atoms. The summed E-state index contributed by atoms with van der Waals surface area (Å²) < 4.78 is 53.3. The fraction of sp³-hybridized carbons (Fsp3) is 0.667. The van der Waals surface area contributed by atoms with Gasteiger partial charge in [-0.15, -0.1) is 0 Å². The van der Waals surface area contributed by atoms with E-state index in [0.717, 1.165) is 12.2 Å². The summed E-state index contributed by atoms with van der Waals surface area (Å²) in [5, 5.41) is 2.72. The van der Waals surface area contributed by atoms with Crippen LogP contribution in [0.4, 0.5) is 19.0 Å². The number of anilines is 1. The van der Waals surface area contributed by atoms with Crippen molar-refractivity contribution in [3.63, 3.8) is 0 Å². The van der Waals surface area contributed by atoms with Gasteiger partial charge in [0.2, 0.25) is 5.28 Å². The number of hydrogen-bond donors (Lipinski definition) is 1. The van der Waals surface area contributed by atoms with Crippen LogP contribution in [0.15, 0.2) is 6.20 Å². The first-order valence-corrected chi connectivity index (χ1v) is 13.3. The Morgan fingerprint density at radius 2 is 1.86 bits per heavy atom. The number of nitrogens with zero attached hydrogens (tertiary/aromatic N) is 3. The van der Waals surface area contributed by atoms with Gasteiger partial charge in [0.05, 0.1) is 23.1 Å². The molecule has 0 unspecified atom stereocenters. The van der Waals surface area contributed by atoms with Gasteiger partial charge in [0, 0.05) is 28.0 Å². The number of ether oxygens (including phenoxy) is 2. The summed E-state index contributed by atoms with van der Waals surface area (Å²) in [7, 11) is 0.206. The molecular weight excluding hydrogens is 425 g/mol. The number of hydrogen-bond acceptors (Lipinski definition) is 5. The molecule has 0 atom stereocenters. The first-order valence-electron chi connectivity index (χ1n) is 9.22. The topological polar surface area (TPSA) is 61.2 Å². The molecule has 0 amide bonds. The van der Waals surface area contributed by atoms with Crippen molar-refractivity contribution in [2.75, 3.05) is 25.6 Å². The van der Waals surface area contributed by atoms with Gasteiger partial charge in [-0.25, -0.2) is 4.98 Å². The van der Waals surface area contributed by atoms with Crippen LogP contribution >= 0.6 is 11.6 Å². The third-order valence-electron chi connectivity index (χ3n) is 4.18. The largest absolute Gasteiger partial charge is 0.418 e. The molecule has 0 saturated heterocycles. The second kappa shape index (κ2) is 8.79. The van der Waals surface area contributed by atoms with E-state index >= 15 is 0 Å². The van der Waals surface area contributed by atoms with Crippen molar-refractivity contribution in [1.29, 1.82) is 0 Å². The molecule has 0 aliphatic carbocycles. The Morgan fingerprint density at radius 3 is 2.41 bits per heavy atom. The monoisotopic (exact) mass is 452 g/mol. The Morgan fingerprint density at radius 1 is 1.21 bits per heavy atom. The lowest BCUT2D eigenvalue weighted by atomic mass is 10.1. The molecule has 11 heteroatoms. The minimum atomic E-state index is -4.58. The average molecular weight is 453 g/mol. The van der Waals surface area contributed by atoms with Crippen molar-refractivity contribution < 1.29 is 22.6 Å². The van der Waals surface area contributed by atoms with Crippen LogP contribution in [0.1, 0.15) is 19.4 Å². The van der Waals surface area contributed by atoms with E-state index in [9.17, 15) is 13.2 Å². The standard InChI is InChI=1S/C18H28ClF3N4O2Si/c1-17(2,10-27-3)25-14-13-12(18(20,21)22)9-26(15(13)24-16(19)23-14)11-28-7-8-29(4,5)6/h9H,7-8,10-11H2,1-6H3,(H,23,24,25). The average Bonchev–Trinajstić information content (AvgIpc) is 2.89. The molecule has 0 radical (unpaired) electrons. The maximum absolute atomic E-state index is 13.7. The highest BCUT2D eigenvalue weighted by molar-refractivity contribution is 6.76. The van der Waals surface area contributed by atoms with E-state index in [2.05, 4.69) is 34.9 Å². The molecule has 0 aliphatic heterocycles. The molecule has 0 fully saturated rings. The van der Waals surface area contributed by atoms with E-state index in [4.69, 9.17) is 21.1 Å². The highest BCUT2D eigenvalue weighted by atomic mass is 35.5. The van der Waals surface area contributed by atoms with Crippen molar-refractivity contribution in [3.8, 4) is 0 Å².